The van der Waals surface area contributed by atoms with Gasteiger partial charge in [0.15, 0.2) is 0 Å². The molecule has 9 heteroatoms. The van der Waals surface area contributed by atoms with E-state index in [9.17, 15) is 24.3 Å². The van der Waals surface area contributed by atoms with E-state index >= 15 is 0 Å². The highest BCUT2D eigenvalue weighted by molar-refractivity contribution is 5.87. The average Bonchev–Trinajstić information content (AvgIpc) is 3.46. The largest absolute Gasteiger partial charge is 0.481 e. The van der Waals surface area contributed by atoms with E-state index in [1.807, 2.05) is 48.5 Å². The van der Waals surface area contributed by atoms with Crippen LogP contribution >= 0.6 is 0 Å². The quantitative estimate of drug-likeness (QED) is 0.436. The third-order valence-electron chi connectivity index (χ3n) is 6.72. The molecule has 0 bridgehead atoms. The van der Waals surface area contributed by atoms with E-state index in [1.54, 1.807) is 0 Å². The predicted octanol–water partition coefficient (Wildman–Crippen LogP) is 2.26. The number of carboxylic acid groups (broad SMARTS) is 1. The first kappa shape index (κ1) is 24.3. The van der Waals surface area contributed by atoms with Gasteiger partial charge in [-0.05, 0) is 41.0 Å². The zero-order valence-electron chi connectivity index (χ0n) is 19.3. The van der Waals surface area contributed by atoms with Crippen LogP contribution in [-0.2, 0) is 19.1 Å². The fourth-order valence-corrected chi connectivity index (χ4v) is 4.96. The Balaban J connectivity index is 1.16. The van der Waals surface area contributed by atoms with Crippen molar-refractivity contribution in [3.05, 3.63) is 59.7 Å². The third-order valence-corrected chi connectivity index (χ3v) is 6.72. The molecular weight excluding hydrogens is 450 g/mol. The molecule has 0 radical (unpaired) electrons. The molecule has 2 aliphatic rings. The monoisotopic (exact) mass is 479 g/mol. The molecule has 0 spiro atoms. The Morgan fingerprint density at radius 1 is 0.829 bits per heavy atom. The van der Waals surface area contributed by atoms with E-state index in [0.29, 0.717) is 6.42 Å². The molecular formula is C26H29N3O6. The second kappa shape index (κ2) is 11.0. The number of rotatable bonds is 9. The van der Waals surface area contributed by atoms with Crippen LogP contribution in [-0.4, -0.2) is 55.2 Å². The first-order valence-corrected chi connectivity index (χ1v) is 11.8. The highest BCUT2D eigenvalue weighted by Crippen LogP contribution is 2.44. The van der Waals surface area contributed by atoms with Crippen molar-refractivity contribution in [2.45, 2.75) is 25.2 Å². The number of ether oxygens (including phenoxy) is 1. The van der Waals surface area contributed by atoms with Crippen molar-refractivity contribution in [3.63, 3.8) is 0 Å². The van der Waals surface area contributed by atoms with Gasteiger partial charge in [-0.1, -0.05) is 55.0 Å². The molecule has 4 rings (SSSR count). The molecule has 35 heavy (non-hydrogen) atoms. The maximum atomic E-state index is 12.2. The highest BCUT2D eigenvalue weighted by atomic mass is 16.5. The first-order chi connectivity index (χ1) is 16.9. The Morgan fingerprint density at radius 2 is 1.43 bits per heavy atom. The van der Waals surface area contributed by atoms with Crippen molar-refractivity contribution in [1.82, 2.24) is 16.0 Å². The number of fused-ring (bicyclic) bond motifs is 3. The lowest BCUT2D eigenvalue weighted by Gasteiger charge is -2.16. The fourth-order valence-electron chi connectivity index (χ4n) is 4.96. The summed E-state index contributed by atoms with van der Waals surface area (Å²) in [7, 11) is 0. The zero-order chi connectivity index (χ0) is 24.8. The van der Waals surface area contributed by atoms with Crippen LogP contribution in [0.1, 0.15) is 36.3 Å². The van der Waals surface area contributed by atoms with Crippen molar-refractivity contribution in [1.29, 1.82) is 0 Å². The van der Waals surface area contributed by atoms with Crippen LogP contribution in [0.4, 0.5) is 4.79 Å². The summed E-state index contributed by atoms with van der Waals surface area (Å²) in [5.74, 6) is -2.39. The van der Waals surface area contributed by atoms with Crippen LogP contribution in [0, 0.1) is 11.8 Å². The Morgan fingerprint density at radius 3 is 2.09 bits per heavy atom. The van der Waals surface area contributed by atoms with E-state index in [4.69, 9.17) is 4.74 Å². The second-order valence-corrected chi connectivity index (χ2v) is 8.90. The summed E-state index contributed by atoms with van der Waals surface area (Å²) in [5, 5.41) is 16.7. The molecule has 2 aliphatic carbocycles. The first-order valence-electron chi connectivity index (χ1n) is 11.8. The minimum Gasteiger partial charge on any atom is -0.481 e. The van der Waals surface area contributed by atoms with Gasteiger partial charge in [-0.2, -0.15) is 0 Å². The van der Waals surface area contributed by atoms with Crippen LogP contribution in [0.3, 0.4) is 0 Å². The Labute approximate surface area is 203 Å². The lowest BCUT2D eigenvalue weighted by Crippen LogP contribution is -2.43. The van der Waals surface area contributed by atoms with Crippen molar-refractivity contribution in [2.24, 2.45) is 11.8 Å². The summed E-state index contributed by atoms with van der Waals surface area (Å²) in [6.07, 6.45) is 1.49. The van der Waals surface area contributed by atoms with Crippen LogP contribution in [0.25, 0.3) is 11.1 Å². The molecule has 1 saturated carbocycles. The number of carbonyl (C=O) groups excluding carboxylic acids is 3. The SMILES string of the molecule is O=C(CNC(=O)CNC(=O)OCC1c2ccccc2-c2ccccc21)NC[C@@H]1CCC[C@@H]1C(=O)O. The van der Waals surface area contributed by atoms with Crippen molar-refractivity contribution in [3.8, 4) is 11.1 Å². The van der Waals surface area contributed by atoms with E-state index < -0.39 is 29.8 Å². The highest BCUT2D eigenvalue weighted by Gasteiger charge is 2.33. The average molecular weight is 480 g/mol. The number of benzene rings is 2. The summed E-state index contributed by atoms with van der Waals surface area (Å²) in [5.41, 5.74) is 4.44. The lowest BCUT2D eigenvalue weighted by molar-refractivity contribution is -0.143. The molecule has 184 valence electrons. The topological polar surface area (TPSA) is 134 Å². The molecule has 0 aliphatic heterocycles. The van der Waals surface area contributed by atoms with Crippen molar-refractivity contribution < 1.29 is 29.0 Å². The number of alkyl carbamates (subject to hydrolysis) is 1. The van der Waals surface area contributed by atoms with Gasteiger partial charge in [0.1, 0.15) is 13.2 Å². The van der Waals surface area contributed by atoms with E-state index in [-0.39, 0.29) is 38.1 Å². The minimum absolute atomic E-state index is 0.0775. The summed E-state index contributed by atoms with van der Waals surface area (Å²) in [6, 6.07) is 16.0. The number of nitrogens with one attached hydrogen (secondary N) is 3. The predicted molar refractivity (Wildman–Crippen MR) is 128 cm³/mol. The molecule has 4 N–H and O–H groups in total. The number of aliphatic carboxylic acids is 1. The van der Waals surface area contributed by atoms with Crippen molar-refractivity contribution in [2.75, 3.05) is 26.2 Å². The van der Waals surface area contributed by atoms with Crippen LogP contribution in [0.15, 0.2) is 48.5 Å². The molecule has 0 unspecified atom stereocenters. The van der Waals surface area contributed by atoms with Crippen molar-refractivity contribution >= 4 is 23.9 Å². The third kappa shape index (κ3) is 5.79. The van der Waals surface area contributed by atoms with E-state index in [0.717, 1.165) is 35.1 Å². The number of carbonyl (C=O) groups is 4. The van der Waals surface area contributed by atoms with Gasteiger partial charge in [-0.3, -0.25) is 14.4 Å². The smallest absolute Gasteiger partial charge is 0.407 e. The minimum atomic E-state index is -0.839. The Kier molecular flexibility index (Phi) is 7.64. The van der Waals surface area contributed by atoms with Gasteiger partial charge in [0.2, 0.25) is 11.8 Å². The summed E-state index contributed by atoms with van der Waals surface area (Å²) in [6.45, 7) is -0.171. The number of carboxylic acids is 1. The van der Waals surface area contributed by atoms with Gasteiger partial charge in [-0.15, -0.1) is 0 Å². The molecule has 0 aromatic heterocycles. The molecule has 0 saturated heterocycles. The van der Waals surface area contributed by atoms with Gasteiger partial charge in [0.05, 0.1) is 12.5 Å². The van der Waals surface area contributed by atoms with Gasteiger partial charge in [0, 0.05) is 12.5 Å². The van der Waals surface area contributed by atoms with Crippen LogP contribution in [0.5, 0.6) is 0 Å². The summed E-state index contributed by atoms with van der Waals surface area (Å²) >= 11 is 0. The summed E-state index contributed by atoms with van der Waals surface area (Å²) < 4.78 is 5.38. The van der Waals surface area contributed by atoms with Gasteiger partial charge < -0.3 is 25.8 Å². The molecule has 9 nitrogen and oxygen atoms in total. The molecule has 2 atom stereocenters. The Hall–Kier alpha value is -3.88. The summed E-state index contributed by atoms with van der Waals surface area (Å²) in [4.78, 5) is 47.4. The Bertz CT molecular complexity index is 1070. The molecule has 3 amide bonds. The molecule has 2 aromatic rings. The van der Waals surface area contributed by atoms with E-state index in [2.05, 4.69) is 16.0 Å². The molecule has 1 fully saturated rings. The van der Waals surface area contributed by atoms with Gasteiger partial charge in [0.25, 0.3) is 0 Å². The normalized spacial score (nSPS) is 18.3. The number of hydrogen-bond donors (Lipinski definition) is 4. The van der Waals surface area contributed by atoms with E-state index in [1.165, 1.54) is 0 Å². The van der Waals surface area contributed by atoms with Gasteiger partial charge in [-0.25, -0.2) is 4.79 Å². The standard InChI is InChI=1S/C26H29N3O6/c30-23(27-12-16-6-5-11-17(16)25(32)33)13-28-24(31)14-29-26(34)35-15-22-20-9-3-1-7-18(20)19-8-2-4-10-21(19)22/h1-4,7-10,16-17,22H,5-6,11-15H2,(H,27,30)(H,28,31)(H,29,34)(H,32,33)/t16-,17-/m0/s1. The fraction of sp³-hybridized carbons (Fsp3) is 0.385. The molecule has 0 heterocycles. The molecule has 2 aromatic carbocycles. The number of hydrogen-bond acceptors (Lipinski definition) is 5. The second-order valence-electron chi connectivity index (χ2n) is 8.90. The van der Waals surface area contributed by atoms with Crippen LogP contribution < -0.4 is 16.0 Å². The maximum Gasteiger partial charge on any atom is 0.407 e. The van der Waals surface area contributed by atoms with Gasteiger partial charge >= 0.3 is 12.1 Å². The number of amides is 3. The maximum absolute atomic E-state index is 12.2. The zero-order valence-corrected chi connectivity index (χ0v) is 19.3. The lowest BCUT2D eigenvalue weighted by atomic mass is 9.96. The van der Waals surface area contributed by atoms with Crippen LogP contribution in [0.2, 0.25) is 0 Å².